The Hall–Kier alpha value is -1.44. The maximum atomic E-state index is 12.8. The molecule has 1 aliphatic carbocycles. The molecule has 7 heteroatoms. The van der Waals surface area contributed by atoms with Gasteiger partial charge >= 0.3 is 0 Å². The van der Waals surface area contributed by atoms with Gasteiger partial charge in [0.2, 0.25) is 15.9 Å². The molecule has 1 saturated carbocycles. The second-order valence-corrected chi connectivity index (χ2v) is 10.6. The van der Waals surface area contributed by atoms with Gasteiger partial charge in [0, 0.05) is 30.7 Å². The summed E-state index contributed by atoms with van der Waals surface area (Å²) in [6.45, 7) is 5.35. The van der Waals surface area contributed by atoms with Crippen LogP contribution in [0.1, 0.15) is 57.4 Å². The Morgan fingerprint density at radius 3 is 2.48 bits per heavy atom. The lowest BCUT2D eigenvalue weighted by atomic mass is 9.84. The normalized spacial score (nSPS) is 23.5. The van der Waals surface area contributed by atoms with Crippen LogP contribution in [-0.2, 0) is 21.2 Å². The number of amides is 1. The maximum absolute atomic E-state index is 12.8. The van der Waals surface area contributed by atoms with E-state index in [9.17, 15) is 13.2 Å². The predicted octanol–water partition coefficient (Wildman–Crippen LogP) is 2.92. The number of nitrogens with one attached hydrogen (secondary N) is 1. The number of anilines is 1. The summed E-state index contributed by atoms with van der Waals surface area (Å²) < 4.78 is 28.3. The van der Waals surface area contributed by atoms with Crippen molar-refractivity contribution >= 4 is 21.6 Å². The minimum Gasteiger partial charge on any atom is -0.309 e. The molecule has 6 nitrogen and oxygen atoms in total. The zero-order chi connectivity index (χ0) is 20.4. The fourth-order valence-electron chi connectivity index (χ4n) is 4.74. The number of nitrogens with zero attached hydrogens (tertiary/aromatic N) is 2. The SMILES string of the molecule is C[C@@H]1Cc2cc(S(=O)(=O)NCCN3CCCCCC3)ccc2N1C(=O)C1CCC1. The number of carbonyl (C=O) groups is 1. The molecule has 1 N–H and O–H groups in total. The molecule has 2 fully saturated rings. The van der Waals surface area contributed by atoms with Crippen molar-refractivity contribution in [3.05, 3.63) is 23.8 Å². The van der Waals surface area contributed by atoms with Gasteiger partial charge < -0.3 is 9.80 Å². The van der Waals surface area contributed by atoms with E-state index in [1.165, 1.54) is 25.7 Å². The van der Waals surface area contributed by atoms with Gasteiger partial charge in [-0.1, -0.05) is 19.3 Å². The fraction of sp³-hybridized carbons (Fsp3) is 0.682. The van der Waals surface area contributed by atoms with Crippen molar-refractivity contribution in [2.24, 2.45) is 5.92 Å². The third-order valence-electron chi connectivity index (χ3n) is 6.69. The van der Waals surface area contributed by atoms with Crippen LogP contribution in [-0.4, -0.2) is 51.4 Å². The summed E-state index contributed by atoms with van der Waals surface area (Å²) in [7, 11) is -3.54. The van der Waals surface area contributed by atoms with Crippen LogP contribution in [0.2, 0.25) is 0 Å². The summed E-state index contributed by atoms with van der Waals surface area (Å²) in [6.07, 6.45) is 8.75. The second kappa shape index (κ2) is 8.74. The Kier molecular flexibility index (Phi) is 6.27. The van der Waals surface area contributed by atoms with Crippen LogP contribution >= 0.6 is 0 Å². The van der Waals surface area contributed by atoms with Gasteiger partial charge in [-0.25, -0.2) is 13.1 Å². The number of rotatable bonds is 6. The average molecular weight is 420 g/mol. The molecule has 1 aromatic carbocycles. The van der Waals surface area contributed by atoms with Crippen molar-refractivity contribution in [2.75, 3.05) is 31.1 Å². The summed E-state index contributed by atoms with van der Waals surface area (Å²) in [6, 6.07) is 5.31. The van der Waals surface area contributed by atoms with Gasteiger partial charge in [0.25, 0.3) is 0 Å². The number of hydrogen-bond donors (Lipinski definition) is 1. The Bertz CT molecular complexity index is 843. The third kappa shape index (κ3) is 4.52. The van der Waals surface area contributed by atoms with Gasteiger partial charge in [-0.15, -0.1) is 0 Å². The summed E-state index contributed by atoms with van der Waals surface area (Å²) in [5.74, 6) is 0.348. The maximum Gasteiger partial charge on any atom is 0.240 e. The van der Waals surface area contributed by atoms with Crippen molar-refractivity contribution in [2.45, 2.75) is 69.2 Å². The largest absolute Gasteiger partial charge is 0.309 e. The van der Waals surface area contributed by atoms with E-state index >= 15 is 0 Å². The number of fused-ring (bicyclic) bond motifs is 1. The highest BCUT2D eigenvalue weighted by Gasteiger charge is 2.37. The van der Waals surface area contributed by atoms with Gasteiger partial charge in [0.1, 0.15) is 0 Å². The average Bonchev–Trinajstić information content (AvgIpc) is 2.78. The molecule has 0 spiro atoms. The quantitative estimate of drug-likeness (QED) is 0.770. The second-order valence-electron chi connectivity index (χ2n) is 8.83. The predicted molar refractivity (Wildman–Crippen MR) is 115 cm³/mol. The fourth-order valence-corrected chi connectivity index (χ4v) is 5.81. The number of likely N-dealkylation sites (tertiary alicyclic amines) is 1. The van der Waals surface area contributed by atoms with Crippen molar-refractivity contribution in [1.29, 1.82) is 0 Å². The van der Waals surface area contributed by atoms with Crippen LogP contribution in [0.3, 0.4) is 0 Å². The zero-order valence-electron chi connectivity index (χ0n) is 17.4. The van der Waals surface area contributed by atoms with Crippen LogP contribution in [0.15, 0.2) is 23.1 Å². The lowest BCUT2D eigenvalue weighted by molar-refractivity contribution is -0.125. The highest BCUT2D eigenvalue weighted by Crippen LogP contribution is 2.38. The topological polar surface area (TPSA) is 69.7 Å². The molecule has 2 aliphatic heterocycles. The molecular formula is C22H33N3O3S. The lowest BCUT2D eigenvalue weighted by Gasteiger charge is -2.32. The van der Waals surface area contributed by atoms with Crippen LogP contribution in [0, 0.1) is 5.92 Å². The first-order chi connectivity index (χ1) is 14.0. The van der Waals surface area contributed by atoms with E-state index in [-0.39, 0.29) is 17.9 Å². The smallest absolute Gasteiger partial charge is 0.240 e. The number of hydrogen-bond acceptors (Lipinski definition) is 4. The van der Waals surface area contributed by atoms with Gasteiger partial charge in [-0.3, -0.25) is 4.79 Å². The highest BCUT2D eigenvalue weighted by atomic mass is 32.2. The van der Waals surface area contributed by atoms with E-state index < -0.39 is 10.0 Å². The third-order valence-corrected chi connectivity index (χ3v) is 8.15. The van der Waals surface area contributed by atoms with Gasteiger partial charge in [-0.05, 0) is 75.9 Å². The Labute approximate surface area is 174 Å². The first-order valence-electron chi connectivity index (χ1n) is 11.1. The van der Waals surface area contributed by atoms with E-state index in [2.05, 4.69) is 9.62 Å². The summed E-state index contributed by atoms with van der Waals surface area (Å²) in [5, 5.41) is 0. The molecule has 1 atom stereocenters. The van der Waals surface area contributed by atoms with Crippen LogP contribution < -0.4 is 9.62 Å². The number of benzene rings is 1. The molecule has 3 aliphatic rings. The van der Waals surface area contributed by atoms with Crippen molar-refractivity contribution in [1.82, 2.24) is 9.62 Å². The summed E-state index contributed by atoms with van der Waals surface area (Å²) in [5.41, 5.74) is 1.85. The highest BCUT2D eigenvalue weighted by molar-refractivity contribution is 7.89. The zero-order valence-corrected chi connectivity index (χ0v) is 18.2. The molecule has 0 bridgehead atoms. The molecule has 29 heavy (non-hydrogen) atoms. The Morgan fingerprint density at radius 2 is 1.83 bits per heavy atom. The Morgan fingerprint density at radius 1 is 1.10 bits per heavy atom. The Balaban J connectivity index is 1.41. The van der Waals surface area contributed by atoms with E-state index in [1.54, 1.807) is 12.1 Å². The van der Waals surface area contributed by atoms with E-state index in [1.807, 2.05) is 17.9 Å². The first kappa shape index (κ1) is 20.8. The van der Waals surface area contributed by atoms with Crippen LogP contribution in [0.5, 0.6) is 0 Å². The molecule has 1 amide bonds. The summed E-state index contributed by atoms with van der Waals surface area (Å²) in [4.78, 5) is 17.3. The molecule has 1 saturated heterocycles. The molecular weight excluding hydrogens is 386 g/mol. The van der Waals surface area contributed by atoms with Gasteiger partial charge in [-0.2, -0.15) is 0 Å². The molecule has 0 radical (unpaired) electrons. The molecule has 4 rings (SSSR count). The minimum atomic E-state index is -3.54. The molecule has 0 unspecified atom stereocenters. The van der Waals surface area contributed by atoms with Crippen molar-refractivity contribution in [3.63, 3.8) is 0 Å². The minimum absolute atomic E-state index is 0.0899. The van der Waals surface area contributed by atoms with Crippen LogP contribution in [0.4, 0.5) is 5.69 Å². The number of carbonyl (C=O) groups excluding carboxylic acids is 1. The molecule has 2 heterocycles. The molecule has 160 valence electrons. The van der Waals surface area contributed by atoms with E-state index in [0.717, 1.165) is 50.1 Å². The standard InChI is InChI=1S/C22H33N3O3S/c1-17-15-19-16-20(9-10-21(19)25(17)22(26)18-7-6-8-18)29(27,28)23-11-14-24-12-4-2-3-5-13-24/h9-10,16-18,23H,2-8,11-15H2,1H3/t17-/m1/s1. The molecule has 0 aromatic heterocycles. The number of sulfonamides is 1. The van der Waals surface area contributed by atoms with E-state index in [4.69, 9.17) is 0 Å². The van der Waals surface area contributed by atoms with Crippen LogP contribution in [0.25, 0.3) is 0 Å². The van der Waals surface area contributed by atoms with Gasteiger partial charge in [0.05, 0.1) is 4.90 Å². The van der Waals surface area contributed by atoms with E-state index in [0.29, 0.717) is 17.9 Å². The summed E-state index contributed by atoms with van der Waals surface area (Å²) >= 11 is 0. The lowest BCUT2D eigenvalue weighted by Crippen LogP contribution is -2.42. The first-order valence-corrected chi connectivity index (χ1v) is 12.6. The van der Waals surface area contributed by atoms with Crippen molar-refractivity contribution in [3.8, 4) is 0 Å². The van der Waals surface area contributed by atoms with Gasteiger partial charge in [0.15, 0.2) is 0 Å². The monoisotopic (exact) mass is 419 g/mol. The van der Waals surface area contributed by atoms with Crippen molar-refractivity contribution < 1.29 is 13.2 Å². The molecule has 1 aromatic rings.